The standard InChI is InChI=1S/C76H137NO18/c1-3-5-7-9-11-13-15-17-19-21-23-25-27-28-29-30-32-34-36-38-40-42-44-46-48-50-52-54-64(82)77-59(60(81)53-51-49-47-45-43-41-39-37-35-33-31-26-24-22-20-18-16-14-12-10-8-6-4-2)58-90-74-70(88)67(85)72(62(56-79)92-74)95-76-71(89)68(86)73(63(57-80)93-76)94-75-69(87)66(84)65(83)61(55-78)91-75/h15,17,21,23,27-28,43,45,51,53,59-63,65-76,78-81,83-89H,3-14,16,18-20,22,24-26,29-42,44,46-50,52,54-58H2,1-2H3,(H,77,82)/b17-15-,23-21-,28-27-,45-43+,53-51+. The maximum Gasteiger partial charge on any atom is 0.220 e. The molecule has 1 amide bonds. The second-order valence-electron chi connectivity index (χ2n) is 27.1. The van der Waals surface area contributed by atoms with E-state index in [1.165, 1.54) is 193 Å². The van der Waals surface area contributed by atoms with Crippen LogP contribution >= 0.6 is 0 Å². The number of allylic oxidation sites excluding steroid dienone is 9. The highest BCUT2D eigenvalue weighted by Crippen LogP contribution is 2.33. The lowest BCUT2D eigenvalue weighted by molar-refractivity contribution is -0.379. The van der Waals surface area contributed by atoms with Gasteiger partial charge in [-0.05, 0) is 70.6 Å². The van der Waals surface area contributed by atoms with Gasteiger partial charge in [0.25, 0.3) is 0 Å². The van der Waals surface area contributed by atoms with E-state index in [1.807, 2.05) is 6.08 Å². The topological polar surface area (TPSA) is 307 Å². The minimum atomic E-state index is -1.98. The molecule has 3 heterocycles. The largest absolute Gasteiger partial charge is 0.394 e. The molecule has 554 valence electrons. The van der Waals surface area contributed by atoms with Crippen molar-refractivity contribution in [2.24, 2.45) is 0 Å². The molecule has 3 aliphatic rings. The predicted molar refractivity (Wildman–Crippen MR) is 374 cm³/mol. The molecule has 19 nitrogen and oxygen atoms in total. The zero-order valence-corrected chi connectivity index (χ0v) is 58.9. The van der Waals surface area contributed by atoms with Crippen molar-refractivity contribution in [3.8, 4) is 0 Å². The first-order valence-electron chi connectivity index (χ1n) is 38.0. The van der Waals surface area contributed by atoms with Crippen molar-refractivity contribution in [2.75, 3.05) is 26.4 Å². The number of hydrogen-bond acceptors (Lipinski definition) is 18. The van der Waals surface area contributed by atoms with Crippen molar-refractivity contribution < 1.29 is 89.4 Å². The van der Waals surface area contributed by atoms with Gasteiger partial charge in [0.2, 0.25) is 5.91 Å². The molecule has 17 unspecified atom stereocenters. The first-order chi connectivity index (χ1) is 46.3. The summed E-state index contributed by atoms with van der Waals surface area (Å²) < 4.78 is 34.4. The summed E-state index contributed by atoms with van der Waals surface area (Å²) in [6.45, 7) is 1.73. The zero-order valence-electron chi connectivity index (χ0n) is 58.9. The van der Waals surface area contributed by atoms with E-state index in [0.717, 1.165) is 57.8 Å². The molecule has 3 saturated heterocycles. The summed E-state index contributed by atoms with van der Waals surface area (Å²) in [7, 11) is 0. The molecular formula is C76H137NO18. The molecule has 3 rings (SSSR count). The third-order valence-electron chi connectivity index (χ3n) is 18.8. The van der Waals surface area contributed by atoms with Crippen molar-refractivity contribution in [3.63, 3.8) is 0 Å². The van der Waals surface area contributed by atoms with Crippen molar-refractivity contribution in [1.82, 2.24) is 5.32 Å². The predicted octanol–water partition coefficient (Wildman–Crippen LogP) is 11.5. The molecule has 0 aromatic carbocycles. The van der Waals surface area contributed by atoms with Gasteiger partial charge in [-0.1, -0.05) is 267 Å². The number of ether oxygens (including phenoxy) is 6. The van der Waals surface area contributed by atoms with Gasteiger partial charge in [0, 0.05) is 6.42 Å². The number of nitrogens with one attached hydrogen (secondary N) is 1. The van der Waals surface area contributed by atoms with Crippen LogP contribution in [0.25, 0.3) is 0 Å². The SMILES string of the molecule is CCCCCCC/C=C\C/C=C\C/C=C\CCCCCCCCCCCCCCC(=O)NC(COC1OC(CO)C(OC2OC(CO)C(OC3OC(CO)C(O)C(O)C3O)C(O)C2O)C(O)C1O)C(O)/C=C/CC/C=C/CCCCCCCCCCCCCCCCCCC. The van der Waals surface area contributed by atoms with Gasteiger partial charge in [-0.3, -0.25) is 4.79 Å². The van der Waals surface area contributed by atoms with Gasteiger partial charge in [-0.25, -0.2) is 0 Å². The molecule has 0 bridgehead atoms. The summed E-state index contributed by atoms with van der Waals surface area (Å²) in [5, 5.41) is 121. The van der Waals surface area contributed by atoms with Crippen molar-refractivity contribution >= 4 is 5.91 Å². The summed E-state index contributed by atoms with van der Waals surface area (Å²) in [5.41, 5.74) is 0. The Bertz CT molecular complexity index is 1950. The summed E-state index contributed by atoms with van der Waals surface area (Å²) in [5.74, 6) is -0.286. The maximum absolute atomic E-state index is 13.4. The fourth-order valence-corrected chi connectivity index (χ4v) is 12.6. The Kier molecular flexibility index (Phi) is 52.2. The first-order valence-corrected chi connectivity index (χ1v) is 38.0. The third kappa shape index (κ3) is 38.2. The molecule has 19 heteroatoms. The molecule has 0 aliphatic carbocycles. The van der Waals surface area contributed by atoms with E-state index < -0.39 is 124 Å². The van der Waals surface area contributed by atoms with Crippen molar-refractivity contribution in [1.29, 1.82) is 0 Å². The van der Waals surface area contributed by atoms with Crippen LogP contribution in [0.5, 0.6) is 0 Å². The zero-order chi connectivity index (χ0) is 68.9. The monoisotopic (exact) mass is 1350 g/mol. The summed E-state index contributed by atoms with van der Waals surface area (Å²) >= 11 is 0. The van der Waals surface area contributed by atoms with E-state index in [-0.39, 0.29) is 18.9 Å². The first kappa shape index (κ1) is 86.7. The number of aliphatic hydroxyl groups is 11. The Balaban J connectivity index is 1.42. The number of carbonyl (C=O) groups excluding carboxylic acids is 1. The van der Waals surface area contributed by atoms with E-state index in [9.17, 15) is 61.0 Å². The molecule has 0 radical (unpaired) electrons. The minimum absolute atomic E-state index is 0.232. The Morgan fingerprint density at radius 3 is 1.13 bits per heavy atom. The number of aliphatic hydroxyl groups excluding tert-OH is 11. The number of hydrogen-bond donors (Lipinski definition) is 12. The Morgan fingerprint density at radius 1 is 0.379 bits per heavy atom. The van der Waals surface area contributed by atoms with Crippen LogP contribution in [0.3, 0.4) is 0 Å². The van der Waals surface area contributed by atoms with Crippen molar-refractivity contribution in [3.05, 3.63) is 60.8 Å². The minimum Gasteiger partial charge on any atom is -0.394 e. The smallest absolute Gasteiger partial charge is 0.220 e. The molecule has 3 aliphatic heterocycles. The molecule has 0 saturated carbocycles. The number of unbranched alkanes of at least 4 members (excludes halogenated alkanes) is 35. The van der Waals surface area contributed by atoms with Crippen LogP contribution < -0.4 is 5.32 Å². The van der Waals surface area contributed by atoms with Crippen LogP contribution in [0.4, 0.5) is 0 Å². The van der Waals surface area contributed by atoms with Gasteiger partial charge in [-0.2, -0.15) is 0 Å². The second kappa shape index (κ2) is 57.2. The van der Waals surface area contributed by atoms with Crippen LogP contribution in [0.1, 0.15) is 284 Å². The molecule has 17 atom stereocenters. The van der Waals surface area contributed by atoms with Crippen LogP contribution in [0.15, 0.2) is 60.8 Å². The molecule has 3 fully saturated rings. The molecule has 12 N–H and O–H groups in total. The molecular weight excluding hydrogens is 1210 g/mol. The summed E-state index contributed by atoms with van der Waals surface area (Å²) in [4.78, 5) is 13.4. The van der Waals surface area contributed by atoms with Crippen LogP contribution in [-0.4, -0.2) is 193 Å². The van der Waals surface area contributed by atoms with E-state index in [2.05, 4.69) is 67.8 Å². The van der Waals surface area contributed by atoms with Crippen molar-refractivity contribution in [2.45, 2.75) is 388 Å². The van der Waals surface area contributed by atoms with Crippen LogP contribution in [0.2, 0.25) is 0 Å². The van der Waals surface area contributed by atoms with E-state index >= 15 is 0 Å². The van der Waals surface area contributed by atoms with Gasteiger partial charge in [0.15, 0.2) is 18.9 Å². The lowest BCUT2D eigenvalue weighted by atomic mass is 9.96. The average Bonchev–Trinajstić information content (AvgIpc) is 0.787. The normalized spacial score (nSPS) is 27.5. The molecule has 0 spiro atoms. The Hall–Kier alpha value is -2.51. The molecule has 0 aromatic rings. The highest BCUT2D eigenvalue weighted by atomic mass is 16.8. The second-order valence-corrected chi connectivity index (χ2v) is 27.1. The molecule has 95 heavy (non-hydrogen) atoms. The number of carbonyl (C=O) groups is 1. The van der Waals surface area contributed by atoms with Gasteiger partial charge in [-0.15, -0.1) is 0 Å². The molecule has 0 aromatic heterocycles. The number of amides is 1. The Labute approximate surface area is 573 Å². The highest BCUT2D eigenvalue weighted by Gasteiger charge is 2.53. The van der Waals surface area contributed by atoms with E-state index in [0.29, 0.717) is 12.8 Å². The number of rotatable bonds is 59. The van der Waals surface area contributed by atoms with Gasteiger partial charge in [0.05, 0.1) is 38.6 Å². The lowest BCUT2D eigenvalue weighted by Crippen LogP contribution is -2.66. The average molecular weight is 1350 g/mol. The van der Waals surface area contributed by atoms with Gasteiger partial charge >= 0.3 is 0 Å². The van der Waals surface area contributed by atoms with Gasteiger partial charge < -0.3 is 89.9 Å². The summed E-state index contributed by atoms with van der Waals surface area (Å²) in [6, 6.07) is -0.994. The van der Waals surface area contributed by atoms with Gasteiger partial charge in [0.1, 0.15) is 73.2 Å². The highest BCUT2D eigenvalue weighted by molar-refractivity contribution is 5.76. The summed E-state index contributed by atoms with van der Waals surface area (Å²) in [6.07, 6.45) is 44.8. The third-order valence-corrected chi connectivity index (χ3v) is 18.8. The van der Waals surface area contributed by atoms with E-state index in [4.69, 9.17) is 28.4 Å². The lowest BCUT2D eigenvalue weighted by Gasteiger charge is -2.48. The van der Waals surface area contributed by atoms with Crippen LogP contribution in [0, 0.1) is 0 Å². The quantitative estimate of drug-likeness (QED) is 0.0199. The van der Waals surface area contributed by atoms with Crippen LogP contribution in [-0.2, 0) is 33.2 Å². The maximum atomic E-state index is 13.4. The Morgan fingerprint density at radius 2 is 0.705 bits per heavy atom. The fourth-order valence-electron chi connectivity index (χ4n) is 12.6. The van der Waals surface area contributed by atoms with E-state index in [1.54, 1.807) is 6.08 Å². The fraction of sp³-hybridized carbons (Fsp3) is 0.855.